The highest BCUT2D eigenvalue weighted by Gasteiger charge is 2.28. The smallest absolute Gasteiger partial charge is 0.331 e. The Balaban J connectivity index is 0. The Bertz CT molecular complexity index is 5040. The summed E-state index contributed by atoms with van der Waals surface area (Å²) < 4.78 is 215. The van der Waals surface area contributed by atoms with E-state index in [2.05, 4.69) is 28.3 Å². The van der Waals surface area contributed by atoms with E-state index >= 15 is 0 Å². The van der Waals surface area contributed by atoms with Crippen LogP contribution in [-0.4, -0.2) is 260 Å². The van der Waals surface area contributed by atoms with E-state index in [1.165, 1.54) is 18.6 Å². The molecule has 0 bridgehead atoms. The van der Waals surface area contributed by atoms with Gasteiger partial charge in [-0.15, -0.1) is 0 Å². The van der Waals surface area contributed by atoms with Crippen molar-refractivity contribution in [2.45, 2.75) is 273 Å². The number of nitrogens with one attached hydrogen (secondary N) is 6. The third-order valence-corrected chi connectivity index (χ3v) is 27.1. The van der Waals surface area contributed by atoms with E-state index in [-0.39, 0.29) is 166 Å². The molecule has 143 heavy (non-hydrogen) atoms. The van der Waals surface area contributed by atoms with Crippen LogP contribution < -0.4 is 28.3 Å². The van der Waals surface area contributed by atoms with Gasteiger partial charge in [0, 0.05) is 112 Å². The van der Waals surface area contributed by atoms with Crippen molar-refractivity contribution in [3.63, 3.8) is 0 Å². The van der Waals surface area contributed by atoms with Gasteiger partial charge < -0.3 is 56.8 Å². The molecule has 48 heteroatoms. The number of hydrogen-bond donors (Lipinski definition) is 6. The first kappa shape index (κ1) is 135. The van der Waals surface area contributed by atoms with Crippen molar-refractivity contribution in [2.75, 3.05) is 96.2 Å². The molecule has 0 spiro atoms. The summed E-state index contributed by atoms with van der Waals surface area (Å²) in [5.74, 6) is -7.30. The summed E-state index contributed by atoms with van der Waals surface area (Å²) in [5, 5.41) is -0.302. The van der Waals surface area contributed by atoms with Gasteiger partial charge in [-0.1, -0.05) is 122 Å². The standard InChI is InChI=1S/C17H29NO6S.C17H23NO6S.C16H27NO6S.C16H21NO6S.C15H27NO6S.C14H25NO6S/c2*1-14(2)24-17(20)10-9-16(19)23-12-6-11-18-25(21,22)13-15-7-4-3-5-8-15;2*1-13(2)23-16(19)10-9-15(18)22-12-6-11-17-24(20,21)14-7-4-3-5-8-14;1-12(2)22-14(18)8-7-13(17)21-10-6-9-16-23(19,20)11-15(3,4)5;1-11(2)10-22(18,19)15-8-5-9-20-13(16)6-7-14(17)21-12(3)4/h9-10,14-15,18H,3-8,11-13H2,1-2H3;3-5,7-10,14,18H,6,11-13H2,1-2H3;9-10,13-14,17H,3-8,11-12H2,1-2H3;3-5,7-10,13,17H,6,11-12H2,1-2H3;7-8,12,16H,6,9-11H2,1-5H3;6-7,11-12,15H,5,8-10H2,1-4H3/b4*10-9+;8-7+;7-6+. The summed E-state index contributed by atoms with van der Waals surface area (Å²) in [5.41, 5.74) is 0.369. The summed E-state index contributed by atoms with van der Waals surface area (Å²) in [4.78, 5) is 135. The van der Waals surface area contributed by atoms with Crippen LogP contribution in [0.5, 0.6) is 0 Å². The Hall–Kier alpha value is -10.0. The molecule has 814 valence electrons. The fraction of sp³-hybridized carbons (Fsp3) is 0.621. The molecule has 2 aromatic carbocycles. The Morgan fingerprint density at radius 2 is 0.559 bits per heavy atom. The van der Waals surface area contributed by atoms with Gasteiger partial charge in [0.05, 0.1) is 109 Å². The molecule has 2 fully saturated rings. The monoisotopic (exact) mass is 2140 g/mol. The third-order valence-electron chi connectivity index (χ3n) is 17.1. The van der Waals surface area contributed by atoms with E-state index in [4.69, 9.17) is 56.8 Å². The lowest BCUT2D eigenvalue weighted by atomic mass is 9.91. The fourth-order valence-electron chi connectivity index (χ4n) is 11.4. The Morgan fingerprint density at radius 1 is 0.308 bits per heavy atom. The molecule has 2 saturated carbocycles. The maximum atomic E-state index is 12.1. The summed E-state index contributed by atoms with van der Waals surface area (Å²) in [7, 11) is -20.2. The molecule has 2 aromatic rings. The molecule has 6 N–H and O–H groups in total. The van der Waals surface area contributed by atoms with Crippen molar-refractivity contribution in [3.8, 4) is 0 Å². The van der Waals surface area contributed by atoms with Gasteiger partial charge >= 0.3 is 71.6 Å². The summed E-state index contributed by atoms with van der Waals surface area (Å²) in [6.07, 6.45) is 22.2. The van der Waals surface area contributed by atoms with Crippen molar-refractivity contribution in [2.24, 2.45) is 17.3 Å². The van der Waals surface area contributed by atoms with E-state index < -0.39 is 132 Å². The number of benzene rings is 2. The van der Waals surface area contributed by atoms with Gasteiger partial charge in [-0.25, -0.2) is 136 Å². The molecule has 0 heterocycles. The number of carbonyl (C=O) groups is 12. The molecule has 0 saturated heterocycles. The van der Waals surface area contributed by atoms with Crippen LogP contribution >= 0.6 is 0 Å². The Morgan fingerprint density at radius 3 is 0.846 bits per heavy atom. The van der Waals surface area contributed by atoms with Gasteiger partial charge in [0.25, 0.3) is 0 Å². The third kappa shape index (κ3) is 83.9. The minimum Gasteiger partial charge on any atom is -0.462 e. The molecule has 0 radical (unpaired) electrons. The predicted octanol–water partition coefficient (Wildman–Crippen LogP) is 8.96. The van der Waals surface area contributed by atoms with Crippen LogP contribution in [0.3, 0.4) is 0 Å². The molecule has 0 unspecified atom stereocenters. The first-order chi connectivity index (χ1) is 66.7. The van der Waals surface area contributed by atoms with Gasteiger partial charge in [0.15, 0.2) is 0 Å². The van der Waals surface area contributed by atoms with Crippen LogP contribution in [-0.2, 0) is 180 Å². The lowest BCUT2D eigenvalue weighted by molar-refractivity contribution is -0.143. The second-order valence-corrected chi connectivity index (χ2v) is 46.2. The van der Waals surface area contributed by atoms with Crippen LogP contribution in [0.15, 0.2) is 138 Å². The van der Waals surface area contributed by atoms with Crippen LogP contribution in [0.4, 0.5) is 0 Å². The minimum atomic E-state index is -3.56. The number of carbonyl (C=O) groups excluding carboxylic acids is 12. The second kappa shape index (κ2) is 75.7. The molecule has 0 amide bonds. The number of sulfonamides is 6. The van der Waals surface area contributed by atoms with Gasteiger partial charge in [-0.3, -0.25) is 0 Å². The molecule has 42 nitrogen and oxygen atoms in total. The van der Waals surface area contributed by atoms with E-state index in [1.54, 1.807) is 126 Å². The van der Waals surface area contributed by atoms with Crippen LogP contribution in [0, 0.1) is 17.3 Å². The number of rotatable bonds is 57. The summed E-state index contributed by atoms with van der Waals surface area (Å²) >= 11 is 0. The molecular formula is C95H152N6O36S6. The zero-order chi connectivity index (χ0) is 109. The molecule has 2 aliphatic carbocycles. The highest BCUT2D eigenvalue weighted by Crippen LogP contribution is 2.26. The molecule has 4 rings (SSSR count). The number of hydrogen-bond acceptors (Lipinski definition) is 36. The van der Waals surface area contributed by atoms with Crippen LogP contribution in [0.25, 0.3) is 0 Å². The number of esters is 12. The lowest BCUT2D eigenvalue weighted by Crippen LogP contribution is -2.36. The van der Waals surface area contributed by atoms with E-state index in [9.17, 15) is 108 Å². The Kier molecular flexibility index (Phi) is 71.4. The van der Waals surface area contributed by atoms with Crippen molar-refractivity contribution >= 4 is 132 Å². The summed E-state index contributed by atoms with van der Waals surface area (Å²) in [6, 6.07) is 16.8. The van der Waals surface area contributed by atoms with Crippen LogP contribution in [0.2, 0.25) is 0 Å². The van der Waals surface area contributed by atoms with Crippen molar-refractivity contribution in [3.05, 3.63) is 139 Å². The molecular weight excluding hydrogens is 1990 g/mol. The first-order valence-electron chi connectivity index (χ1n) is 47.0. The fourth-order valence-corrected chi connectivity index (χ4v) is 20.0. The SMILES string of the molecule is CC(C)CS(=O)(=O)NCCCOC(=O)/C=C/C(=O)OC(C)C.CC(C)OC(=O)/C=C/C(=O)OCCCNS(=O)(=O)C1CCCCC1.CC(C)OC(=O)/C=C/C(=O)OCCCNS(=O)(=O)CC(C)(C)C.CC(C)OC(=O)/C=C/C(=O)OCCCNS(=O)(=O)CC1CCCCC1.CC(C)OC(=O)/C=C/C(=O)OCCCNS(=O)(=O)Cc1ccccc1.CC(C)OC(=O)/C=C/C(=O)OCCCNS(=O)(=O)c1ccccc1. The predicted molar refractivity (Wildman–Crippen MR) is 534 cm³/mol. The highest BCUT2D eigenvalue weighted by molar-refractivity contribution is 7.90. The van der Waals surface area contributed by atoms with E-state index in [0.717, 1.165) is 118 Å². The zero-order valence-corrected chi connectivity index (χ0v) is 90.1. The van der Waals surface area contributed by atoms with Gasteiger partial charge in [-0.2, -0.15) is 0 Å². The van der Waals surface area contributed by atoms with Gasteiger partial charge in [0.2, 0.25) is 60.1 Å². The van der Waals surface area contributed by atoms with Crippen molar-refractivity contribution in [1.29, 1.82) is 0 Å². The average Bonchev–Trinajstić information content (AvgIpc) is 0.855. The largest absolute Gasteiger partial charge is 0.462 e. The van der Waals surface area contributed by atoms with Crippen molar-refractivity contribution < 1.29 is 165 Å². The normalized spacial score (nSPS) is 13.5. The van der Waals surface area contributed by atoms with Crippen LogP contribution in [0.1, 0.15) is 226 Å². The van der Waals surface area contributed by atoms with E-state index in [1.807, 2.05) is 40.7 Å². The minimum absolute atomic E-state index is 0.0275. The first-order valence-corrected chi connectivity index (χ1v) is 56.6. The Labute approximate surface area is 845 Å². The summed E-state index contributed by atoms with van der Waals surface area (Å²) in [6.45, 7) is 31.0. The quantitative estimate of drug-likeness (QED) is 0.0156. The molecule has 0 aliphatic heterocycles. The lowest BCUT2D eigenvalue weighted by Gasteiger charge is -2.21. The topological polar surface area (TPSA) is 593 Å². The maximum absolute atomic E-state index is 12.1. The molecule has 0 aromatic heterocycles. The second-order valence-electron chi connectivity index (χ2n) is 35.1. The highest BCUT2D eigenvalue weighted by atomic mass is 32.2. The molecule has 2 aliphatic rings. The maximum Gasteiger partial charge on any atom is 0.331 e. The van der Waals surface area contributed by atoms with Crippen molar-refractivity contribution in [1.82, 2.24) is 28.3 Å². The van der Waals surface area contributed by atoms with E-state index in [0.29, 0.717) is 56.9 Å². The van der Waals surface area contributed by atoms with Gasteiger partial charge in [-0.05, 0) is 182 Å². The zero-order valence-electron chi connectivity index (χ0n) is 85.2. The van der Waals surface area contributed by atoms with Gasteiger partial charge in [0.1, 0.15) is 0 Å². The average molecular weight is 2150 g/mol. The molecule has 0 atom stereocenters. The number of ether oxygens (including phenoxy) is 12.